The molecule has 3 nitrogen and oxygen atoms in total. The zero-order valence-corrected chi connectivity index (χ0v) is 16.2. The van der Waals surface area contributed by atoms with Crippen molar-refractivity contribution in [2.45, 2.75) is 13.8 Å². The van der Waals surface area contributed by atoms with Crippen LogP contribution in [0.15, 0.2) is 71.2 Å². The van der Waals surface area contributed by atoms with Crippen LogP contribution in [0.5, 0.6) is 0 Å². The maximum absolute atomic E-state index is 4.83. The van der Waals surface area contributed by atoms with E-state index in [1.807, 2.05) is 30.3 Å². The van der Waals surface area contributed by atoms with Gasteiger partial charge in [-0.2, -0.15) is 0 Å². The molecule has 1 aromatic heterocycles. The summed E-state index contributed by atoms with van der Waals surface area (Å²) in [6, 6.07) is 22.6. The Morgan fingerprint density at radius 3 is 2.42 bits per heavy atom. The standard InChI is InChI=1S/C22H18BrN3/c1-14-8-10-19(15(2)12-14)24-22-25-20-11-9-17(23)13-18(20)21(26-22)16-6-4-3-5-7-16/h3-13H,1-2H3,(H,24,25,26). The first-order valence-corrected chi connectivity index (χ1v) is 9.26. The van der Waals surface area contributed by atoms with Crippen LogP contribution in [-0.2, 0) is 0 Å². The lowest BCUT2D eigenvalue weighted by Crippen LogP contribution is -2.01. The van der Waals surface area contributed by atoms with Crippen LogP contribution < -0.4 is 5.32 Å². The Hall–Kier alpha value is -2.72. The summed E-state index contributed by atoms with van der Waals surface area (Å²) in [5, 5.41) is 4.41. The number of aryl methyl sites for hydroxylation is 2. The summed E-state index contributed by atoms with van der Waals surface area (Å²) in [6.45, 7) is 4.18. The van der Waals surface area contributed by atoms with Gasteiger partial charge >= 0.3 is 0 Å². The third kappa shape index (κ3) is 3.33. The number of hydrogen-bond acceptors (Lipinski definition) is 3. The molecule has 4 aromatic rings. The summed E-state index contributed by atoms with van der Waals surface area (Å²) in [4.78, 5) is 9.55. The molecule has 0 spiro atoms. The molecule has 0 aliphatic rings. The zero-order chi connectivity index (χ0) is 18.1. The molecule has 4 rings (SSSR count). The Labute approximate surface area is 161 Å². The molecule has 0 atom stereocenters. The lowest BCUT2D eigenvalue weighted by Gasteiger charge is -2.12. The minimum atomic E-state index is 0.602. The molecule has 1 heterocycles. The molecule has 0 saturated heterocycles. The molecule has 0 amide bonds. The molecule has 0 fully saturated rings. The largest absolute Gasteiger partial charge is 0.324 e. The molecule has 3 aromatic carbocycles. The second-order valence-corrected chi connectivity index (χ2v) is 7.28. The highest BCUT2D eigenvalue weighted by Gasteiger charge is 2.11. The molecule has 0 saturated carbocycles. The molecule has 0 aliphatic heterocycles. The number of anilines is 2. The molecule has 0 aliphatic carbocycles. The molecular weight excluding hydrogens is 386 g/mol. The van der Waals surface area contributed by atoms with E-state index in [9.17, 15) is 0 Å². The Kier molecular flexibility index (Phi) is 4.43. The second kappa shape index (κ2) is 6.89. The third-order valence-electron chi connectivity index (χ3n) is 4.33. The van der Waals surface area contributed by atoms with Crippen LogP contribution in [0.3, 0.4) is 0 Å². The summed E-state index contributed by atoms with van der Waals surface area (Å²) < 4.78 is 1.01. The van der Waals surface area contributed by atoms with Crippen LogP contribution in [0.1, 0.15) is 11.1 Å². The predicted octanol–water partition coefficient (Wildman–Crippen LogP) is 6.42. The van der Waals surface area contributed by atoms with Gasteiger partial charge in [-0.05, 0) is 43.7 Å². The minimum Gasteiger partial charge on any atom is -0.324 e. The Morgan fingerprint density at radius 1 is 0.846 bits per heavy atom. The van der Waals surface area contributed by atoms with Crippen molar-refractivity contribution < 1.29 is 0 Å². The van der Waals surface area contributed by atoms with Crippen molar-refractivity contribution in [1.82, 2.24) is 9.97 Å². The van der Waals surface area contributed by atoms with Gasteiger partial charge in [-0.1, -0.05) is 64.0 Å². The minimum absolute atomic E-state index is 0.602. The number of nitrogens with one attached hydrogen (secondary N) is 1. The fourth-order valence-corrected chi connectivity index (χ4v) is 3.41. The van der Waals surface area contributed by atoms with Crippen LogP contribution in [0.2, 0.25) is 0 Å². The molecule has 0 unspecified atom stereocenters. The lowest BCUT2D eigenvalue weighted by molar-refractivity contribution is 1.21. The van der Waals surface area contributed by atoms with Crippen molar-refractivity contribution in [1.29, 1.82) is 0 Å². The van der Waals surface area contributed by atoms with Gasteiger partial charge in [-0.25, -0.2) is 9.97 Å². The van der Waals surface area contributed by atoms with Crippen molar-refractivity contribution in [3.63, 3.8) is 0 Å². The fraction of sp³-hybridized carbons (Fsp3) is 0.0909. The van der Waals surface area contributed by atoms with Crippen LogP contribution >= 0.6 is 15.9 Å². The number of fused-ring (bicyclic) bond motifs is 1. The fourth-order valence-electron chi connectivity index (χ4n) is 3.05. The van der Waals surface area contributed by atoms with Crippen LogP contribution in [-0.4, -0.2) is 9.97 Å². The number of rotatable bonds is 3. The second-order valence-electron chi connectivity index (χ2n) is 6.37. The van der Waals surface area contributed by atoms with Crippen molar-refractivity contribution in [2.24, 2.45) is 0 Å². The monoisotopic (exact) mass is 403 g/mol. The topological polar surface area (TPSA) is 37.8 Å². The van der Waals surface area contributed by atoms with Gasteiger partial charge in [0.1, 0.15) is 0 Å². The quantitative estimate of drug-likeness (QED) is 0.428. The highest BCUT2D eigenvalue weighted by molar-refractivity contribution is 9.10. The first-order valence-electron chi connectivity index (χ1n) is 8.47. The Bertz CT molecular complexity index is 1090. The van der Waals surface area contributed by atoms with E-state index in [-0.39, 0.29) is 0 Å². The van der Waals surface area contributed by atoms with Crippen molar-refractivity contribution >= 4 is 38.5 Å². The average Bonchev–Trinajstić information content (AvgIpc) is 2.64. The summed E-state index contributed by atoms with van der Waals surface area (Å²) in [7, 11) is 0. The van der Waals surface area contributed by atoms with E-state index in [1.165, 1.54) is 11.1 Å². The Morgan fingerprint density at radius 2 is 1.65 bits per heavy atom. The molecular formula is C22H18BrN3. The summed E-state index contributed by atoms with van der Waals surface area (Å²) in [5.74, 6) is 0.602. The number of hydrogen-bond donors (Lipinski definition) is 1. The molecule has 128 valence electrons. The van der Waals surface area contributed by atoms with E-state index in [4.69, 9.17) is 9.97 Å². The number of aromatic nitrogens is 2. The number of nitrogens with zero attached hydrogens (tertiary/aromatic N) is 2. The Balaban J connectivity index is 1.87. The zero-order valence-electron chi connectivity index (χ0n) is 14.6. The summed E-state index contributed by atoms with van der Waals surface area (Å²) in [5.41, 5.74) is 6.33. The van der Waals surface area contributed by atoms with Crippen LogP contribution in [0, 0.1) is 13.8 Å². The predicted molar refractivity (Wildman–Crippen MR) is 112 cm³/mol. The van der Waals surface area contributed by atoms with Crippen LogP contribution in [0.25, 0.3) is 22.2 Å². The van der Waals surface area contributed by atoms with Gasteiger partial charge in [-0.15, -0.1) is 0 Å². The number of benzene rings is 3. The maximum Gasteiger partial charge on any atom is 0.228 e. The van der Waals surface area contributed by atoms with Crippen molar-refractivity contribution in [3.05, 3.63) is 82.3 Å². The molecule has 4 heteroatoms. The highest BCUT2D eigenvalue weighted by atomic mass is 79.9. The first kappa shape index (κ1) is 16.7. The average molecular weight is 404 g/mol. The van der Waals surface area contributed by atoms with Gasteiger partial charge in [0, 0.05) is 21.1 Å². The van der Waals surface area contributed by atoms with Gasteiger partial charge in [0.25, 0.3) is 0 Å². The van der Waals surface area contributed by atoms with E-state index in [2.05, 4.69) is 71.5 Å². The van der Waals surface area contributed by atoms with E-state index < -0.39 is 0 Å². The normalized spacial score (nSPS) is 10.9. The van der Waals surface area contributed by atoms with Gasteiger partial charge in [0.05, 0.1) is 11.2 Å². The van der Waals surface area contributed by atoms with Crippen molar-refractivity contribution in [3.8, 4) is 11.3 Å². The summed E-state index contributed by atoms with van der Waals surface area (Å²) >= 11 is 3.56. The van der Waals surface area contributed by atoms with Gasteiger partial charge in [0.15, 0.2) is 0 Å². The smallest absolute Gasteiger partial charge is 0.228 e. The SMILES string of the molecule is Cc1ccc(Nc2nc(-c3ccccc3)c3cc(Br)ccc3n2)c(C)c1. The first-order chi connectivity index (χ1) is 12.6. The van der Waals surface area contributed by atoms with E-state index in [1.54, 1.807) is 0 Å². The summed E-state index contributed by atoms with van der Waals surface area (Å²) in [6.07, 6.45) is 0. The van der Waals surface area contributed by atoms with Crippen molar-refractivity contribution in [2.75, 3.05) is 5.32 Å². The van der Waals surface area contributed by atoms with Crippen LogP contribution in [0.4, 0.5) is 11.6 Å². The molecule has 0 bridgehead atoms. The van der Waals surface area contributed by atoms with E-state index >= 15 is 0 Å². The highest BCUT2D eigenvalue weighted by Crippen LogP contribution is 2.30. The number of halogens is 1. The van der Waals surface area contributed by atoms with E-state index in [0.717, 1.165) is 32.3 Å². The van der Waals surface area contributed by atoms with Gasteiger partial charge < -0.3 is 5.32 Å². The van der Waals surface area contributed by atoms with Gasteiger partial charge in [0.2, 0.25) is 5.95 Å². The lowest BCUT2D eigenvalue weighted by atomic mass is 10.1. The van der Waals surface area contributed by atoms with Gasteiger partial charge in [-0.3, -0.25) is 0 Å². The molecule has 0 radical (unpaired) electrons. The maximum atomic E-state index is 4.83. The van der Waals surface area contributed by atoms with E-state index in [0.29, 0.717) is 5.95 Å². The molecule has 26 heavy (non-hydrogen) atoms. The molecule has 1 N–H and O–H groups in total. The third-order valence-corrected chi connectivity index (χ3v) is 4.83.